The highest BCUT2D eigenvalue weighted by atomic mass is 16.5. The first-order chi connectivity index (χ1) is 9.28. The SMILES string of the molecule is COc1cccn2c(CC3CCN(C)CC3)nnc12. The van der Waals surface area contributed by atoms with Crippen molar-refractivity contribution < 1.29 is 4.74 Å². The van der Waals surface area contributed by atoms with Crippen LogP contribution in [-0.2, 0) is 6.42 Å². The van der Waals surface area contributed by atoms with Crippen LogP contribution < -0.4 is 4.74 Å². The zero-order valence-electron chi connectivity index (χ0n) is 11.5. The molecule has 0 radical (unpaired) electrons. The van der Waals surface area contributed by atoms with Crippen LogP contribution in [0.4, 0.5) is 0 Å². The van der Waals surface area contributed by atoms with Crippen molar-refractivity contribution in [3.63, 3.8) is 0 Å². The molecule has 0 unspecified atom stereocenters. The Morgan fingerprint density at radius 3 is 2.84 bits per heavy atom. The Labute approximate surface area is 113 Å². The topological polar surface area (TPSA) is 42.7 Å². The molecule has 102 valence electrons. The molecule has 0 spiro atoms. The van der Waals surface area contributed by atoms with Crippen molar-refractivity contribution in [2.45, 2.75) is 19.3 Å². The second-order valence-corrected chi connectivity index (χ2v) is 5.34. The Morgan fingerprint density at radius 1 is 1.32 bits per heavy atom. The van der Waals surface area contributed by atoms with Gasteiger partial charge in [0, 0.05) is 12.6 Å². The standard InChI is InChI=1S/C14H20N4O/c1-17-8-5-11(6-9-17)10-13-15-16-14-12(19-2)4-3-7-18(13)14/h3-4,7,11H,5-6,8-10H2,1-2H3. The molecule has 0 aromatic carbocycles. The first-order valence-electron chi connectivity index (χ1n) is 6.83. The molecular formula is C14H20N4O. The average Bonchev–Trinajstić information content (AvgIpc) is 2.84. The Balaban J connectivity index is 1.82. The molecule has 0 atom stereocenters. The lowest BCUT2D eigenvalue weighted by molar-refractivity contribution is 0.217. The van der Waals surface area contributed by atoms with Crippen LogP contribution in [0, 0.1) is 5.92 Å². The predicted octanol–water partition coefficient (Wildman–Crippen LogP) is 1.62. The number of hydrogen-bond acceptors (Lipinski definition) is 4. The molecule has 3 heterocycles. The quantitative estimate of drug-likeness (QED) is 0.841. The molecule has 1 aliphatic rings. The van der Waals surface area contributed by atoms with Crippen LogP contribution in [0.3, 0.4) is 0 Å². The van der Waals surface area contributed by atoms with E-state index in [4.69, 9.17) is 4.74 Å². The molecule has 0 bridgehead atoms. The van der Waals surface area contributed by atoms with E-state index in [2.05, 4.69) is 26.5 Å². The molecule has 2 aromatic rings. The maximum atomic E-state index is 5.31. The van der Waals surface area contributed by atoms with Gasteiger partial charge in [-0.05, 0) is 51.0 Å². The molecule has 3 rings (SSSR count). The lowest BCUT2D eigenvalue weighted by Crippen LogP contribution is -2.31. The fraction of sp³-hybridized carbons (Fsp3) is 0.571. The van der Waals surface area contributed by atoms with Crippen LogP contribution in [0.25, 0.3) is 5.65 Å². The molecule has 0 N–H and O–H groups in total. The molecule has 0 aliphatic carbocycles. The minimum Gasteiger partial charge on any atom is -0.493 e. The third-order valence-electron chi connectivity index (χ3n) is 4.00. The zero-order valence-corrected chi connectivity index (χ0v) is 11.5. The number of pyridine rings is 1. The smallest absolute Gasteiger partial charge is 0.203 e. The summed E-state index contributed by atoms with van der Waals surface area (Å²) in [6.07, 6.45) is 5.51. The van der Waals surface area contributed by atoms with Gasteiger partial charge in [-0.1, -0.05) is 0 Å². The largest absolute Gasteiger partial charge is 0.493 e. The van der Waals surface area contributed by atoms with Gasteiger partial charge in [0.05, 0.1) is 7.11 Å². The molecule has 5 heteroatoms. The number of rotatable bonds is 3. The number of hydrogen-bond donors (Lipinski definition) is 0. The second kappa shape index (κ2) is 5.17. The van der Waals surface area contributed by atoms with Gasteiger partial charge < -0.3 is 9.64 Å². The zero-order chi connectivity index (χ0) is 13.2. The molecule has 1 saturated heterocycles. The molecule has 0 saturated carbocycles. The third-order valence-corrected chi connectivity index (χ3v) is 4.00. The van der Waals surface area contributed by atoms with E-state index in [9.17, 15) is 0 Å². The highest BCUT2D eigenvalue weighted by molar-refractivity contribution is 5.53. The predicted molar refractivity (Wildman–Crippen MR) is 73.5 cm³/mol. The Morgan fingerprint density at radius 2 is 2.11 bits per heavy atom. The summed E-state index contributed by atoms with van der Waals surface area (Å²) in [6, 6.07) is 3.90. The Hall–Kier alpha value is -1.62. The maximum absolute atomic E-state index is 5.31. The first kappa shape index (κ1) is 12.4. The number of methoxy groups -OCH3 is 1. The van der Waals surface area contributed by atoms with Gasteiger partial charge in [0.1, 0.15) is 5.82 Å². The highest BCUT2D eigenvalue weighted by Crippen LogP contribution is 2.23. The number of likely N-dealkylation sites (tertiary alicyclic amines) is 1. The molecule has 1 aliphatic heterocycles. The number of ether oxygens (including phenoxy) is 1. The van der Waals surface area contributed by atoms with Gasteiger partial charge in [0.25, 0.3) is 0 Å². The molecule has 1 fully saturated rings. The summed E-state index contributed by atoms with van der Waals surface area (Å²) in [6.45, 7) is 2.37. The van der Waals surface area contributed by atoms with Gasteiger partial charge in [0.2, 0.25) is 5.65 Å². The van der Waals surface area contributed by atoms with Crippen molar-refractivity contribution in [2.75, 3.05) is 27.2 Å². The first-order valence-corrected chi connectivity index (χ1v) is 6.83. The van der Waals surface area contributed by atoms with E-state index >= 15 is 0 Å². The van der Waals surface area contributed by atoms with Crippen molar-refractivity contribution in [1.82, 2.24) is 19.5 Å². The van der Waals surface area contributed by atoms with E-state index in [1.54, 1.807) is 7.11 Å². The van der Waals surface area contributed by atoms with Gasteiger partial charge in [-0.3, -0.25) is 4.40 Å². The summed E-state index contributed by atoms with van der Waals surface area (Å²) in [5.74, 6) is 2.54. The monoisotopic (exact) mass is 260 g/mol. The summed E-state index contributed by atoms with van der Waals surface area (Å²) < 4.78 is 7.37. The Bertz CT molecular complexity index is 558. The molecule has 0 amide bonds. The van der Waals surface area contributed by atoms with E-state index in [-0.39, 0.29) is 0 Å². The van der Waals surface area contributed by atoms with Crippen molar-refractivity contribution in [3.05, 3.63) is 24.2 Å². The molecular weight excluding hydrogens is 240 g/mol. The van der Waals surface area contributed by atoms with Crippen molar-refractivity contribution in [1.29, 1.82) is 0 Å². The van der Waals surface area contributed by atoms with Crippen molar-refractivity contribution in [3.8, 4) is 5.75 Å². The van der Waals surface area contributed by atoms with Crippen LogP contribution in [0.15, 0.2) is 18.3 Å². The molecule has 19 heavy (non-hydrogen) atoms. The third kappa shape index (κ3) is 2.42. The summed E-state index contributed by atoms with van der Waals surface area (Å²) in [5.41, 5.74) is 0.813. The lowest BCUT2D eigenvalue weighted by Gasteiger charge is -2.28. The van der Waals surface area contributed by atoms with Crippen molar-refractivity contribution >= 4 is 5.65 Å². The lowest BCUT2D eigenvalue weighted by atomic mass is 9.93. The van der Waals surface area contributed by atoms with Crippen molar-refractivity contribution in [2.24, 2.45) is 5.92 Å². The van der Waals surface area contributed by atoms with Crippen LogP contribution >= 0.6 is 0 Å². The van der Waals surface area contributed by atoms with Crippen LogP contribution in [-0.4, -0.2) is 46.7 Å². The minimum atomic E-state index is 0.717. The van der Waals surface area contributed by atoms with E-state index in [0.717, 1.165) is 29.6 Å². The maximum Gasteiger partial charge on any atom is 0.203 e. The van der Waals surface area contributed by atoms with E-state index < -0.39 is 0 Å². The highest BCUT2D eigenvalue weighted by Gasteiger charge is 2.19. The minimum absolute atomic E-state index is 0.717. The number of piperidine rings is 1. The van der Waals surface area contributed by atoms with Gasteiger partial charge >= 0.3 is 0 Å². The van der Waals surface area contributed by atoms with Gasteiger partial charge in [0.15, 0.2) is 5.75 Å². The fourth-order valence-corrected chi connectivity index (χ4v) is 2.76. The molecule has 5 nitrogen and oxygen atoms in total. The van der Waals surface area contributed by atoms with Gasteiger partial charge in [-0.2, -0.15) is 0 Å². The summed E-state index contributed by atoms with van der Waals surface area (Å²) in [7, 11) is 3.86. The second-order valence-electron chi connectivity index (χ2n) is 5.34. The summed E-state index contributed by atoms with van der Waals surface area (Å²) >= 11 is 0. The van der Waals surface area contributed by atoms with Crippen LogP contribution in [0.1, 0.15) is 18.7 Å². The van der Waals surface area contributed by atoms with E-state index in [1.807, 2.05) is 18.3 Å². The van der Waals surface area contributed by atoms with E-state index in [0.29, 0.717) is 0 Å². The van der Waals surface area contributed by atoms with Crippen LogP contribution in [0.5, 0.6) is 5.75 Å². The van der Waals surface area contributed by atoms with Crippen LogP contribution in [0.2, 0.25) is 0 Å². The average molecular weight is 260 g/mol. The van der Waals surface area contributed by atoms with Gasteiger partial charge in [-0.25, -0.2) is 0 Å². The number of aromatic nitrogens is 3. The normalized spacial score (nSPS) is 18.0. The fourth-order valence-electron chi connectivity index (χ4n) is 2.76. The number of nitrogens with zero attached hydrogens (tertiary/aromatic N) is 4. The summed E-state index contributed by atoms with van der Waals surface area (Å²) in [4.78, 5) is 2.39. The summed E-state index contributed by atoms with van der Waals surface area (Å²) in [5, 5.41) is 8.58. The van der Waals surface area contributed by atoms with Gasteiger partial charge in [-0.15, -0.1) is 10.2 Å². The number of fused-ring (bicyclic) bond motifs is 1. The molecule has 2 aromatic heterocycles. The van der Waals surface area contributed by atoms with E-state index in [1.165, 1.54) is 25.9 Å². The Kier molecular flexibility index (Phi) is 3.38.